The highest BCUT2D eigenvalue weighted by Crippen LogP contribution is 2.22. The maximum absolute atomic E-state index is 13.6. The van der Waals surface area contributed by atoms with Crippen LogP contribution in [0.3, 0.4) is 0 Å². The number of nitrogens with one attached hydrogen (secondary N) is 1. The zero-order chi connectivity index (χ0) is 13.8. The van der Waals surface area contributed by atoms with Crippen molar-refractivity contribution in [3.8, 4) is 6.07 Å². The van der Waals surface area contributed by atoms with E-state index in [4.69, 9.17) is 5.26 Å². The molecule has 0 aliphatic carbocycles. The summed E-state index contributed by atoms with van der Waals surface area (Å²) in [6.07, 6.45) is 0. The Morgan fingerprint density at radius 2 is 1.95 bits per heavy atom. The first-order chi connectivity index (χ1) is 9.10. The van der Waals surface area contributed by atoms with Crippen LogP contribution in [0.4, 0.5) is 14.5 Å². The molecule has 1 atom stereocenters. The Labute approximate surface area is 110 Å². The molecule has 0 heterocycles. The molecule has 0 radical (unpaired) electrons. The number of halogens is 2. The molecule has 0 aliphatic heterocycles. The van der Waals surface area contributed by atoms with Gasteiger partial charge in [0.05, 0.1) is 17.7 Å². The predicted octanol–water partition coefficient (Wildman–Crippen LogP) is 4.01. The van der Waals surface area contributed by atoms with Crippen molar-refractivity contribution in [2.45, 2.75) is 13.0 Å². The molecule has 1 unspecified atom stereocenters. The number of rotatable bonds is 3. The van der Waals surface area contributed by atoms with Gasteiger partial charge in [-0.1, -0.05) is 12.1 Å². The summed E-state index contributed by atoms with van der Waals surface area (Å²) in [7, 11) is 0. The highest BCUT2D eigenvalue weighted by molar-refractivity contribution is 5.50. The molecule has 2 aromatic carbocycles. The lowest BCUT2D eigenvalue weighted by molar-refractivity contribution is 0.566. The van der Waals surface area contributed by atoms with Crippen molar-refractivity contribution in [2.75, 3.05) is 5.32 Å². The van der Waals surface area contributed by atoms with Crippen LogP contribution in [0.15, 0.2) is 42.5 Å². The molecule has 2 aromatic rings. The molecule has 1 N–H and O–H groups in total. The zero-order valence-corrected chi connectivity index (χ0v) is 10.3. The predicted molar refractivity (Wildman–Crippen MR) is 69.6 cm³/mol. The fourth-order valence-corrected chi connectivity index (χ4v) is 1.86. The first kappa shape index (κ1) is 13.0. The van der Waals surface area contributed by atoms with Crippen molar-refractivity contribution in [2.24, 2.45) is 0 Å². The molecule has 0 saturated carbocycles. The molecule has 0 spiro atoms. The summed E-state index contributed by atoms with van der Waals surface area (Å²) in [6, 6.07) is 12.1. The maximum atomic E-state index is 13.6. The fraction of sp³-hybridized carbons (Fsp3) is 0.133. The summed E-state index contributed by atoms with van der Waals surface area (Å²) >= 11 is 0. The normalized spacial score (nSPS) is 11.7. The van der Waals surface area contributed by atoms with Crippen LogP contribution in [0, 0.1) is 23.0 Å². The van der Waals surface area contributed by atoms with Gasteiger partial charge in [0.2, 0.25) is 0 Å². The average molecular weight is 258 g/mol. The monoisotopic (exact) mass is 258 g/mol. The molecule has 19 heavy (non-hydrogen) atoms. The second kappa shape index (κ2) is 5.49. The van der Waals surface area contributed by atoms with Gasteiger partial charge in [-0.3, -0.25) is 0 Å². The van der Waals surface area contributed by atoms with Crippen LogP contribution < -0.4 is 5.32 Å². The minimum absolute atomic E-state index is 0.324. The van der Waals surface area contributed by atoms with Crippen molar-refractivity contribution < 1.29 is 8.78 Å². The number of nitrogens with zero attached hydrogens (tertiary/aromatic N) is 1. The standard InChI is InChI=1S/C15H12F2N2/c1-10(14-6-5-12(16)8-15(14)17)19-13-4-2-3-11(7-13)9-18/h2-8,10,19H,1H3. The van der Waals surface area contributed by atoms with Crippen LogP contribution in [0.1, 0.15) is 24.1 Å². The largest absolute Gasteiger partial charge is 0.378 e. The molecular weight excluding hydrogens is 246 g/mol. The number of nitriles is 1. The van der Waals surface area contributed by atoms with Gasteiger partial charge in [-0.15, -0.1) is 0 Å². The third-order valence-electron chi connectivity index (χ3n) is 2.80. The highest BCUT2D eigenvalue weighted by atomic mass is 19.1. The second-order valence-electron chi connectivity index (χ2n) is 4.22. The van der Waals surface area contributed by atoms with E-state index in [0.717, 1.165) is 11.8 Å². The van der Waals surface area contributed by atoms with Crippen molar-refractivity contribution in [3.05, 3.63) is 65.2 Å². The molecule has 2 rings (SSSR count). The summed E-state index contributed by atoms with van der Waals surface area (Å²) < 4.78 is 26.5. The first-order valence-electron chi connectivity index (χ1n) is 5.82. The summed E-state index contributed by atoms with van der Waals surface area (Å²) in [6.45, 7) is 1.77. The highest BCUT2D eigenvalue weighted by Gasteiger charge is 2.11. The fourth-order valence-electron chi connectivity index (χ4n) is 1.86. The maximum Gasteiger partial charge on any atom is 0.131 e. The lowest BCUT2D eigenvalue weighted by atomic mass is 10.1. The Morgan fingerprint density at radius 3 is 2.63 bits per heavy atom. The van der Waals surface area contributed by atoms with E-state index in [1.165, 1.54) is 12.1 Å². The number of benzene rings is 2. The lowest BCUT2D eigenvalue weighted by Gasteiger charge is -2.16. The summed E-state index contributed by atoms with van der Waals surface area (Å²) in [4.78, 5) is 0. The van der Waals surface area contributed by atoms with E-state index in [1.807, 2.05) is 6.07 Å². The number of hydrogen-bond donors (Lipinski definition) is 1. The molecule has 0 saturated heterocycles. The molecule has 0 amide bonds. The topological polar surface area (TPSA) is 35.8 Å². The Hall–Kier alpha value is -2.41. The van der Waals surface area contributed by atoms with Crippen molar-refractivity contribution in [1.82, 2.24) is 0 Å². The van der Waals surface area contributed by atoms with Gasteiger partial charge >= 0.3 is 0 Å². The summed E-state index contributed by atoms with van der Waals surface area (Å²) in [5.41, 5.74) is 1.62. The van der Waals surface area contributed by atoms with Gasteiger partial charge in [0.1, 0.15) is 11.6 Å². The van der Waals surface area contributed by atoms with Crippen LogP contribution in [-0.2, 0) is 0 Å². The summed E-state index contributed by atoms with van der Waals surface area (Å²) in [5, 5.41) is 11.9. The Bertz CT molecular complexity index is 632. The third kappa shape index (κ3) is 3.08. The Morgan fingerprint density at radius 1 is 1.16 bits per heavy atom. The van der Waals surface area contributed by atoms with Gasteiger partial charge in [0.15, 0.2) is 0 Å². The van der Waals surface area contributed by atoms with Gasteiger partial charge in [0, 0.05) is 17.3 Å². The molecule has 0 bridgehead atoms. The van der Waals surface area contributed by atoms with E-state index >= 15 is 0 Å². The van der Waals surface area contributed by atoms with Gasteiger partial charge in [-0.2, -0.15) is 5.26 Å². The van der Waals surface area contributed by atoms with Crippen LogP contribution in [0.5, 0.6) is 0 Å². The Balaban J connectivity index is 2.20. The van der Waals surface area contributed by atoms with Crippen LogP contribution in [-0.4, -0.2) is 0 Å². The molecular formula is C15H12F2N2. The molecule has 4 heteroatoms. The van der Waals surface area contributed by atoms with E-state index in [9.17, 15) is 8.78 Å². The van der Waals surface area contributed by atoms with Crippen LogP contribution in [0.25, 0.3) is 0 Å². The van der Waals surface area contributed by atoms with Crippen molar-refractivity contribution >= 4 is 5.69 Å². The molecule has 0 aromatic heterocycles. The van der Waals surface area contributed by atoms with Crippen molar-refractivity contribution in [3.63, 3.8) is 0 Å². The second-order valence-corrected chi connectivity index (χ2v) is 4.22. The molecule has 2 nitrogen and oxygen atoms in total. The minimum Gasteiger partial charge on any atom is -0.378 e. The molecule has 0 fully saturated rings. The van der Waals surface area contributed by atoms with Gasteiger partial charge in [-0.25, -0.2) is 8.78 Å². The van der Waals surface area contributed by atoms with E-state index in [-0.39, 0.29) is 6.04 Å². The Kier molecular flexibility index (Phi) is 3.76. The smallest absolute Gasteiger partial charge is 0.131 e. The van der Waals surface area contributed by atoms with Gasteiger partial charge in [0.25, 0.3) is 0 Å². The van der Waals surface area contributed by atoms with Crippen molar-refractivity contribution in [1.29, 1.82) is 5.26 Å². The van der Waals surface area contributed by atoms with Crippen LogP contribution >= 0.6 is 0 Å². The van der Waals surface area contributed by atoms with Crippen LogP contribution in [0.2, 0.25) is 0 Å². The van der Waals surface area contributed by atoms with Gasteiger partial charge < -0.3 is 5.32 Å². The number of hydrogen-bond acceptors (Lipinski definition) is 2. The average Bonchev–Trinajstić information content (AvgIpc) is 2.38. The minimum atomic E-state index is -0.597. The molecule has 96 valence electrons. The lowest BCUT2D eigenvalue weighted by Crippen LogP contribution is -2.08. The zero-order valence-electron chi connectivity index (χ0n) is 10.3. The molecule has 0 aliphatic rings. The third-order valence-corrected chi connectivity index (χ3v) is 2.80. The van der Waals surface area contributed by atoms with E-state index in [1.54, 1.807) is 31.2 Å². The first-order valence-corrected chi connectivity index (χ1v) is 5.82. The SMILES string of the molecule is CC(Nc1cccc(C#N)c1)c1ccc(F)cc1F. The summed E-state index contributed by atoms with van der Waals surface area (Å²) in [5.74, 6) is -1.18. The van der Waals surface area contributed by atoms with Gasteiger partial charge in [-0.05, 0) is 31.2 Å². The number of anilines is 1. The van der Waals surface area contributed by atoms with E-state index in [0.29, 0.717) is 11.1 Å². The van der Waals surface area contributed by atoms with E-state index in [2.05, 4.69) is 5.32 Å². The quantitative estimate of drug-likeness (QED) is 0.902. The van der Waals surface area contributed by atoms with E-state index < -0.39 is 11.6 Å².